The molecule has 0 saturated carbocycles. The number of ether oxygens (including phenoxy) is 2. The van der Waals surface area contributed by atoms with Crippen molar-refractivity contribution in [2.24, 2.45) is 5.10 Å². The number of para-hydroxylation sites is 1. The fourth-order valence-corrected chi connectivity index (χ4v) is 3.11. The third kappa shape index (κ3) is 4.36. The molecule has 0 aromatic heterocycles. The first-order valence-electron chi connectivity index (χ1n) is 9.00. The van der Waals surface area contributed by atoms with Crippen molar-refractivity contribution < 1.29 is 23.5 Å². The quantitative estimate of drug-likeness (QED) is 0.716. The van der Waals surface area contributed by atoms with Gasteiger partial charge in [0, 0.05) is 24.5 Å². The van der Waals surface area contributed by atoms with E-state index in [1.54, 1.807) is 31.2 Å². The predicted molar refractivity (Wildman–Crippen MR) is 101 cm³/mol. The minimum Gasteiger partial charge on any atom is -0.482 e. The van der Waals surface area contributed by atoms with Gasteiger partial charge in [0.1, 0.15) is 11.6 Å². The molecule has 2 aromatic carbocycles. The highest BCUT2D eigenvalue weighted by Crippen LogP contribution is 2.37. The van der Waals surface area contributed by atoms with Crippen LogP contribution in [-0.2, 0) is 14.3 Å². The largest absolute Gasteiger partial charge is 0.482 e. The zero-order valence-corrected chi connectivity index (χ0v) is 15.7. The summed E-state index contributed by atoms with van der Waals surface area (Å²) < 4.78 is 24.1. The maximum atomic E-state index is 13.6. The first-order valence-corrected chi connectivity index (χ1v) is 9.00. The number of hydrogen-bond donors (Lipinski definition) is 0. The standard InChI is InChI=1S/C21H21FN2O4/c1-3-27-21(26)13-28-20-10-5-4-9-17(20)19-12-18(23-24(19)14(2)25)15-7-6-8-16(22)11-15/h4-11,19H,3,12-13H2,1-2H3/t19-/m1/s1. The molecule has 1 aliphatic rings. The molecule has 146 valence electrons. The van der Waals surface area contributed by atoms with E-state index in [-0.39, 0.29) is 24.9 Å². The maximum Gasteiger partial charge on any atom is 0.344 e. The zero-order chi connectivity index (χ0) is 20.1. The van der Waals surface area contributed by atoms with Crippen molar-refractivity contribution in [3.8, 4) is 5.75 Å². The minimum absolute atomic E-state index is 0.227. The molecule has 1 atom stereocenters. The fourth-order valence-electron chi connectivity index (χ4n) is 3.11. The van der Waals surface area contributed by atoms with Crippen molar-refractivity contribution in [2.45, 2.75) is 26.3 Å². The molecule has 0 bridgehead atoms. The second-order valence-corrected chi connectivity index (χ2v) is 6.27. The van der Waals surface area contributed by atoms with Gasteiger partial charge in [-0.3, -0.25) is 4.79 Å². The average Bonchev–Trinajstić information content (AvgIpc) is 3.12. The van der Waals surface area contributed by atoms with Gasteiger partial charge in [-0.15, -0.1) is 0 Å². The molecule has 0 radical (unpaired) electrons. The summed E-state index contributed by atoms with van der Waals surface area (Å²) in [6, 6.07) is 12.9. The second kappa shape index (κ2) is 8.65. The first kappa shape index (κ1) is 19.5. The number of amides is 1. The van der Waals surface area contributed by atoms with Crippen molar-refractivity contribution in [3.05, 3.63) is 65.5 Å². The van der Waals surface area contributed by atoms with E-state index in [1.807, 2.05) is 12.1 Å². The number of rotatable bonds is 6. The fraction of sp³-hybridized carbons (Fsp3) is 0.286. The number of nitrogens with zero attached hydrogens (tertiary/aromatic N) is 2. The Balaban J connectivity index is 1.87. The van der Waals surface area contributed by atoms with Crippen LogP contribution in [0.15, 0.2) is 53.6 Å². The molecule has 0 saturated heterocycles. The molecular weight excluding hydrogens is 363 g/mol. The van der Waals surface area contributed by atoms with Gasteiger partial charge in [0.2, 0.25) is 5.91 Å². The Bertz CT molecular complexity index is 913. The maximum absolute atomic E-state index is 13.6. The van der Waals surface area contributed by atoms with E-state index in [2.05, 4.69) is 5.10 Å². The van der Waals surface area contributed by atoms with E-state index < -0.39 is 12.0 Å². The Kier molecular flexibility index (Phi) is 6.03. The molecule has 2 aromatic rings. The highest BCUT2D eigenvalue weighted by Gasteiger charge is 2.33. The molecule has 1 heterocycles. The molecule has 7 heteroatoms. The van der Waals surface area contributed by atoms with Gasteiger partial charge in [0.15, 0.2) is 6.61 Å². The molecule has 0 spiro atoms. The van der Waals surface area contributed by atoms with Crippen molar-refractivity contribution in [1.29, 1.82) is 0 Å². The number of hydrazone groups is 1. The number of benzene rings is 2. The zero-order valence-electron chi connectivity index (χ0n) is 15.7. The van der Waals surface area contributed by atoms with Crippen LogP contribution < -0.4 is 4.74 Å². The van der Waals surface area contributed by atoms with Gasteiger partial charge in [0.25, 0.3) is 0 Å². The Labute approximate surface area is 162 Å². The number of carbonyl (C=O) groups is 2. The van der Waals surface area contributed by atoms with Gasteiger partial charge >= 0.3 is 5.97 Å². The van der Waals surface area contributed by atoms with Crippen molar-refractivity contribution in [2.75, 3.05) is 13.2 Å². The lowest BCUT2D eigenvalue weighted by molar-refractivity contribution is -0.145. The summed E-state index contributed by atoms with van der Waals surface area (Å²) in [5.41, 5.74) is 1.95. The van der Waals surface area contributed by atoms with E-state index >= 15 is 0 Å². The number of esters is 1. The Morgan fingerprint density at radius 1 is 1.21 bits per heavy atom. The third-order valence-electron chi connectivity index (χ3n) is 4.32. The summed E-state index contributed by atoms with van der Waals surface area (Å²) >= 11 is 0. The summed E-state index contributed by atoms with van der Waals surface area (Å²) in [6.07, 6.45) is 0.406. The van der Waals surface area contributed by atoms with Gasteiger partial charge in [-0.25, -0.2) is 14.2 Å². The summed E-state index contributed by atoms with van der Waals surface area (Å²) in [4.78, 5) is 23.8. The topological polar surface area (TPSA) is 68.2 Å². The average molecular weight is 384 g/mol. The lowest BCUT2D eigenvalue weighted by Gasteiger charge is -2.22. The first-order chi connectivity index (χ1) is 13.5. The van der Waals surface area contributed by atoms with Gasteiger partial charge in [0.05, 0.1) is 18.4 Å². The highest BCUT2D eigenvalue weighted by atomic mass is 19.1. The van der Waals surface area contributed by atoms with Crippen molar-refractivity contribution in [1.82, 2.24) is 5.01 Å². The van der Waals surface area contributed by atoms with Gasteiger partial charge in [-0.1, -0.05) is 30.3 Å². The SMILES string of the molecule is CCOC(=O)COc1ccccc1[C@H]1CC(c2cccc(F)c2)=NN1C(C)=O. The lowest BCUT2D eigenvalue weighted by atomic mass is 9.97. The highest BCUT2D eigenvalue weighted by molar-refractivity contribution is 6.03. The van der Waals surface area contributed by atoms with Crippen LogP contribution >= 0.6 is 0 Å². The molecule has 3 rings (SSSR count). The van der Waals surface area contributed by atoms with Gasteiger partial charge in [-0.05, 0) is 25.1 Å². The number of carbonyl (C=O) groups excluding carboxylic acids is 2. The van der Waals surface area contributed by atoms with Crippen molar-refractivity contribution in [3.63, 3.8) is 0 Å². The van der Waals surface area contributed by atoms with Gasteiger partial charge in [-0.2, -0.15) is 5.10 Å². The molecule has 1 amide bonds. The van der Waals surface area contributed by atoms with Gasteiger partial charge < -0.3 is 9.47 Å². The Morgan fingerprint density at radius 2 is 2.00 bits per heavy atom. The normalized spacial score (nSPS) is 15.9. The molecule has 0 unspecified atom stereocenters. The third-order valence-corrected chi connectivity index (χ3v) is 4.32. The van der Waals surface area contributed by atoms with Crippen LogP contribution in [0, 0.1) is 5.82 Å². The molecule has 6 nitrogen and oxygen atoms in total. The van der Waals surface area contributed by atoms with E-state index in [0.29, 0.717) is 23.4 Å². The molecule has 0 N–H and O–H groups in total. The van der Waals surface area contributed by atoms with Crippen LogP contribution in [0.1, 0.15) is 37.4 Å². The Hall–Kier alpha value is -3.22. The van der Waals surface area contributed by atoms with Crippen molar-refractivity contribution >= 4 is 17.6 Å². The minimum atomic E-state index is -0.469. The smallest absolute Gasteiger partial charge is 0.344 e. The number of halogens is 1. The van der Waals surface area contributed by atoms with Crippen LogP contribution in [0.4, 0.5) is 4.39 Å². The lowest BCUT2D eigenvalue weighted by Crippen LogP contribution is -2.25. The van der Waals surface area contributed by atoms with Crippen LogP contribution in [-0.4, -0.2) is 35.8 Å². The Morgan fingerprint density at radius 3 is 2.71 bits per heavy atom. The molecule has 0 aliphatic carbocycles. The monoisotopic (exact) mass is 384 g/mol. The molecular formula is C21H21FN2O4. The second-order valence-electron chi connectivity index (χ2n) is 6.27. The van der Waals surface area contributed by atoms with Crippen LogP contribution in [0.3, 0.4) is 0 Å². The summed E-state index contributed by atoms with van der Waals surface area (Å²) in [7, 11) is 0. The summed E-state index contributed by atoms with van der Waals surface area (Å²) in [6.45, 7) is 3.19. The summed E-state index contributed by atoms with van der Waals surface area (Å²) in [5.74, 6) is -0.598. The van der Waals surface area contributed by atoms with E-state index in [9.17, 15) is 14.0 Å². The predicted octanol–water partition coefficient (Wildman–Crippen LogP) is 3.47. The van der Waals surface area contributed by atoms with Crippen LogP contribution in [0.2, 0.25) is 0 Å². The molecule has 0 fully saturated rings. The van der Waals surface area contributed by atoms with E-state index in [4.69, 9.17) is 9.47 Å². The molecule has 1 aliphatic heterocycles. The van der Waals surface area contributed by atoms with E-state index in [0.717, 1.165) is 5.56 Å². The molecule has 28 heavy (non-hydrogen) atoms. The number of hydrogen-bond acceptors (Lipinski definition) is 5. The van der Waals surface area contributed by atoms with Crippen LogP contribution in [0.25, 0.3) is 0 Å². The van der Waals surface area contributed by atoms with Crippen LogP contribution in [0.5, 0.6) is 5.75 Å². The van der Waals surface area contributed by atoms with E-state index in [1.165, 1.54) is 24.1 Å². The summed E-state index contributed by atoms with van der Waals surface area (Å²) in [5, 5.41) is 5.78.